The molecule has 27 heavy (non-hydrogen) atoms. The van der Waals surface area contributed by atoms with Crippen LogP contribution in [0.5, 0.6) is 0 Å². The lowest BCUT2D eigenvalue weighted by Gasteiger charge is -2.37. The minimum Gasteiger partial charge on any atom is -0.356 e. The SMILES string of the molecule is CC(C)N1CCNC(=O)[C@H]1CC(=O)NCCc1nc(-c2ccccc2)cs1. The summed E-state index contributed by atoms with van der Waals surface area (Å²) in [6.45, 7) is 6.05. The molecule has 0 spiro atoms. The van der Waals surface area contributed by atoms with Gasteiger partial charge in [0.2, 0.25) is 11.8 Å². The number of thiazole rings is 1. The summed E-state index contributed by atoms with van der Waals surface area (Å²) in [4.78, 5) is 31.2. The van der Waals surface area contributed by atoms with E-state index in [-0.39, 0.29) is 30.3 Å². The molecule has 1 fully saturated rings. The summed E-state index contributed by atoms with van der Waals surface area (Å²) in [6, 6.07) is 9.91. The van der Waals surface area contributed by atoms with E-state index in [4.69, 9.17) is 0 Å². The standard InChI is InChI=1S/C20H26N4O2S/c1-14(2)24-11-10-22-20(26)17(24)12-18(25)21-9-8-19-23-16(13-27-19)15-6-4-3-5-7-15/h3-7,13-14,17H,8-12H2,1-2H3,(H,21,25)(H,22,26)/t17-/m1/s1. The van der Waals surface area contributed by atoms with Crippen molar-refractivity contribution in [3.8, 4) is 11.3 Å². The molecule has 144 valence electrons. The number of carbonyl (C=O) groups excluding carboxylic acids is 2. The van der Waals surface area contributed by atoms with Crippen LogP contribution >= 0.6 is 11.3 Å². The minimum atomic E-state index is -0.386. The van der Waals surface area contributed by atoms with Gasteiger partial charge in [-0.1, -0.05) is 30.3 Å². The Morgan fingerprint density at radius 2 is 2.15 bits per heavy atom. The van der Waals surface area contributed by atoms with Gasteiger partial charge in [-0.3, -0.25) is 14.5 Å². The van der Waals surface area contributed by atoms with Crippen molar-refractivity contribution in [2.75, 3.05) is 19.6 Å². The van der Waals surface area contributed by atoms with Gasteiger partial charge in [0, 0.05) is 43.0 Å². The fourth-order valence-electron chi connectivity index (χ4n) is 3.28. The summed E-state index contributed by atoms with van der Waals surface area (Å²) in [6.07, 6.45) is 0.880. The zero-order valence-electron chi connectivity index (χ0n) is 15.8. The van der Waals surface area contributed by atoms with Crippen LogP contribution in [0.25, 0.3) is 11.3 Å². The minimum absolute atomic E-state index is 0.0578. The maximum atomic E-state index is 12.3. The van der Waals surface area contributed by atoms with Crippen LogP contribution in [0.1, 0.15) is 25.3 Å². The molecule has 1 aliphatic rings. The van der Waals surface area contributed by atoms with Crippen molar-refractivity contribution < 1.29 is 9.59 Å². The quantitative estimate of drug-likeness (QED) is 0.764. The van der Waals surface area contributed by atoms with Crippen molar-refractivity contribution in [2.24, 2.45) is 0 Å². The number of nitrogens with one attached hydrogen (secondary N) is 2. The van der Waals surface area contributed by atoms with E-state index in [1.807, 2.05) is 35.7 Å². The molecule has 1 aromatic carbocycles. The number of benzene rings is 1. The van der Waals surface area contributed by atoms with Crippen molar-refractivity contribution in [3.05, 3.63) is 40.7 Å². The zero-order chi connectivity index (χ0) is 19.2. The third kappa shape index (κ3) is 5.14. The number of hydrogen-bond donors (Lipinski definition) is 2. The third-order valence-corrected chi connectivity index (χ3v) is 5.61. The zero-order valence-corrected chi connectivity index (χ0v) is 16.6. The summed E-state index contributed by atoms with van der Waals surface area (Å²) in [5.41, 5.74) is 2.06. The smallest absolute Gasteiger partial charge is 0.237 e. The number of carbonyl (C=O) groups is 2. The first-order valence-corrected chi connectivity index (χ1v) is 10.2. The molecule has 0 bridgehead atoms. The van der Waals surface area contributed by atoms with Crippen molar-refractivity contribution in [3.63, 3.8) is 0 Å². The molecule has 6 nitrogen and oxygen atoms in total. The number of piperazine rings is 1. The highest BCUT2D eigenvalue weighted by Crippen LogP contribution is 2.21. The Morgan fingerprint density at radius 3 is 2.89 bits per heavy atom. The topological polar surface area (TPSA) is 74.3 Å². The van der Waals surface area contributed by atoms with Gasteiger partial charge in [-0.05, 0) is 13.8 Å². The first-order chi connectivity index (χ1) is 13.0. The first-order valence-electron chi connectivity index (χ1n) is 9.34. The molecule has 1 saturated heterocycles. The van der Waals surface area contributed by atoms with Crippen LogP contribution in [0.3, 0.4) is 0 Å². The van der Waals surface area contributed by atoms with Crippen LogP contribution < -0.4 is 10.6 Å². The van der Waals surface area contributed by atoms with Crippen LogP contribution in [-0.4, -0.2) is 53.4 Å². The molecule has 2 aromatic rings. The number of aromatic nitrogens is 1. The van der Waals surface area contributed by atoms with E-state index in [1.165, 1.54) is 0 Å². The highest BCUT2D eigenvalue weighted by Gasteiger charge is 2.32. The Labute approximate surface area is 164 Å². The van der Waals surface area contributed by atoms with Gasteiger partial charge in [-0.25, -0.2) is 4.98 Å². The van der Waals surface area contributed by atoms with Crippen LogP contribution in [0.4, 0.5) is 0 Å². The molecular weight excluding hydrogens is 360 g/mol. The second-order valence-electron chi connectivity index (χ2n) is 6.93. The van der Waals surface area contributed by atoms with Crippen LogP contribution in [0.2, 0.25) is 0 Å². The predicted molar refractivity (Wildman–Crippen MR) is 108 cm³/mol. The Balaban J connectivity index is 1.48. The van der Waals surface area contributed by atoms with E-state index in [0.29, 0.717) is 19.5 Å². The lowest BCUT2D eigenvalue weighted by atomic mass is 10.1. The van der Waals surface area contributed by atoms with Crippen LogP contribution in [0, 0.1) is 0 Å². The fourth-order valence-corrected chi connectivity index (χ4v) is 4.09. The van der Waals surface area contributed by atoms with Crippen molar-refractivity contribution in [2.45, 2.75) is 38.8 Å². The summed E-state index contributed by atoms with van der Waals surface area (Å²) in [7, 11) is 0. The molecule has 0 aliphatic carbocycles. The normalized spacial score (nSPS) is 17.7. The van der Waals surface area contributed by atoms with E-state index >= 15 is 0 Å². The third-order valence-electron chi connectivity index (χ3n) is 4.70. The van der Waals surface area contributed by atoms with Gasteiger partial charge in [-0.15, -0.1) is 11.3 Å². The highest BCUT2D eigenvalue weighted by atomic mass is 32.1. The van der Waals surface area contributed by atoms with E-state index in [2.05, 4.69) is 34.4 Å². The number of amides is 2. The summed E-state index contributed by atoms with van der Waals surface area (Å²) in [5, 5.41) is 8.82. The molecule has 0 radical (unpaired) electrons. The molecule has 1 aromatic heterocycles. The molecule has 2 amide bonds. The molecule has 2 N–H and O–H groups in total. The maximum absolute atomic E-state index is 12.3. The Morgan fingerprint density at radius 1 is 1.37 bits per heavy atom. The lowest BCUT2D eigenvalue weighted by molar-refractivity contribution is -0.134. The van der Waals surface area contributed by atoms with Gasteiger partial charge in [-0.2, -0.15) is 0 Å². The van der Waals surface area contributed by atoms with Crippen LogP contribution in [-0.2, 0) is 16.0 Å². The second-order valence-corrected chi connectivity index (χ2v) is 7.88. The molecule has 2 heterocycles. The van der Waals surface area contributed by atoms with E-state index in [9.17, 15) is 9.59 Å². The van der Waals surface area contributed by atoms with Crippen LogP contribution in [0.15, 0.2) is 35.7 Å². The molecule has 1 aliphatic heterocycles. The highest BCUT2D eigenvalue weighted by molar-refractivity contribution is 7.09. The average molecular weight is 387 g/mol. The average Bonchev–Trinajstić information content (AvgIpc) is 3.13. The van der Waals surface area contributed by atoms with Crippen molar-refractivity contribution in [1.82, 2.24) is 20.5 Å². The van der Waals surface area contributed by atoms with Crippen molar-refractivity contribution >= 4 is 23.2 Å². The first kappa shape index (κ1) is 19.5. The van der Waals surface area contributed by atoms with Gasteiger partial charge in [0.05, 0.1) is 23.2 Å². The van der Waals surface area contributed by atoms with Gasteiger partial charge < -0.3 is 10.6 Å². The molecule has 0 unspecified atom stereocenters. The largest absolute Gasteiger partial charge is 0.356 e. The van der Waals surface area contributed by atoms with E-state index < -0.39 is 0 Å². The lowest BCUT2D eigenvalue weighted by Crippen LogP contribution is -2.58. The number of nitrogens with zero attached hydrogens (tertiary/aromatic N) is 2. The molecule has 0 saturated carbocycles. The van der Waals surface area contributed by atoms with Crippen molar-refractivity contribution in [1.29, 1.82) is 0 Å². The second kappa shape index (κ2) is 9.10. The number of rotatable bonds is 7. The monoisotopic (exact) mass is 386 g/mol. The molecule has 7 heteroatoms. The van der Waals surface area contributed by atoms with Gasteiger partial charge in [0.25, 0.3) is 0 Å². The van der Waals surface area contributed by atoms with Gasteiger partial charge in [0.15, 0.2) is 0 Å². The predicted octanol–water partition coefficient (Wildman–Crippen LogP) is 2.07. The summed E-state index contributed by atoms with van der Waals surface area (Å²) < 4.78 is 0. The summed E-state index contributed by atoms with van der Waals surface area (Å²) in [5.74, 6) is -0.153. The molecule has 1 atom stereocenters. The fraction of sp³-hybridized carbons (Fsp3) is 0.450. The summed E-state index contributed by atoms with van der Waals surface area (Å²) >= 11 is 1.60. The van der Waals surface area contributed by atoms with Gasteiger partial charge >= 0.3 is 0 Å². The van der Waals surface area contributed by atoms with E-state index in [0.717, 1.165) is 22.8 Å². The molecule has 3 rings (SSSR count). The van der Waals surface area contributed by atoms with Gasteiger partial charge in [0.1, 0.15) is 0 Å². The Bertz CT molecular complexity index is 775. The number of hydrogen-bond acceptors (Lipinski definition) is 5. The maximum Gasteiger partial charge on any atom is 0.237 e. The Kier molecular flexibility index (Phi) is 6.58. The Hall–Kier alpha value is -2.25. The molecular formula is C20H26N4O2S. The van der Waals surface area contributed by atoms with E-state index in [1.54, 1.807) is 11.3 Å².